The van der Waals surface area contributed by atoms with Gasteiger partial charge in [-0.3, -0.25) is 0 Å². The smallest absolute Gasteiger partial charge is 0.338 e. The second-order valence-electron chi connectivity index (χ2n) is 3.43. The molecule has 0 saturated carbocycles. The van der Waals surface area contributed by atoms with E-state index in [0.29, 0.717) is 12.2 Å². The lowest BCUT2D eigenvalue weighted by Gasteiger charge is -2.00. The van der Waals surface area contributed by atoms with Gasteiger partial charge in [-0.2, -0.15) is 0 Å². The van der Waals surface area contributed by atoms with Gasteiger partial charge in [-0.1, -0.05) is 18.7 Å². The van der Waals surface area contributed by atoms with Crippen LogP contribution in [-0.4, -0.2) is 28.3 Å². The quantitative estimate of drug-likeness (QED) is 0.669. The molecular weight excluding hydrogens is 236 g/mol. The third-order valence-corrected chi connectivity index (χ3v) is 3.01. The normalized spacial score (nSPS) is 10.7. The number of hydrogen-bond donors (Lipinski definition) is 1. The third kappa shape index (κ3) is 2.61. The summed E-state index contributed by atoms with van der Waals surface area (Å²) in [5.41, 5.74) is 2.28. The van der Waals surface area contributed by atoms with Gasteiger partial charge in [0.05, 0.1) is 23.2 Å². The molecule has 5 heteroatoms. The van der Waals surface area contributed by atoms with Gasteiger partial charge >= 0.3 is 5.97 Å². The van der Waals surface area contributed by atoms with Gasteiger partial charge in [-0.25, -0.2) is 9.78 Å². The number of esters is 1. The summed E-state index contributed by atoms with van der Waals surface area (Å²) >= 11 is 1.64. The van der Waals surface area contributed by atoms with Crippen LogP contribution < -0.4 is 0 Å². The zero-order valence-corrected chi connectivity index (χ0v) is 10.6. The lowest BCUT2D eigenvalue weighted by atomic mass is 10.2. The van der Waals surface area contributed by atoms with Gasteiger partial charge in [-0.05, 0) is 30.9 Å². The molecule has 0 aliphatic rings. The van der Waals surface area contributed by atoms with E-state index in [1.165, 1.54) is 0 Å². The van der Waals surface area contributed by atoms with E-state index in [1.54, 1.807) is 30.8 Å². The molecule has 0 unspecified atom stereocenters. The number of imidazole rings is 1. The number of thioether (sulfide) groups is 1. The first-order valence-electron chi connectivity index (χ1n) is 5.54. The molecule has 2 rings (SSSR count). The molecule has 0 aliphatic heterocycles. The van der Waals surface area contributed by atoms with Gasteiger partial charge in [0.1, 0.15) is 0 Å². The van der Waals surface area contributed by atoms with Gasteiger partial charge in [0, 0.05) is 0 Å². The second kappa shape index (κ2) is 5.23. The van der Waals surface area contributed by atoms with Crippen molar-refractivity contribution in [1.82, 2.24) is 9.97 Å². The first-order chi connectivity index (χ1) is 8.24. The van der Waals surface area contributed by atoms with Crippen molar-refractivity contribution in [2.45, 2.75) is 19.0 Å². The van der Waals surface area contributed by atoms with Crippen molar-refractivity contribution in [3.63, 3.8) is 0 Å². The first kappa shape index (κ1) is 12.0. The zero-order valence-electron chi connectivity index (χ0n) is 9.82. The molecule has 0 aliphatic carbocycles. The van der Waals surface area contributed by atoms with E-state index in [2.05, 4.69) is 16.9 Å². The number of ether oxygens (including phenoxy) is 1. The van der Waals surface area contributed by atoms with Gasteiger partial charge in [0.2, 0.25) is 0 Å². The molecule has 1 heterocycles. The van der Waals surface area contributed by atoms with Crippen molar-refractivity contribution >= 4 is 28.8 Å². The molecular formula is C12H14N2O2S. The number of aromatic nitrogens is 2. The van der Waals surface area contributed by atoms with Crippen LogP contribution in [0.3, 0.4) is 0 Å². The molecule has 4 nitrogen and oxygen atoms in total. The minimum atomic E-state index is -0.304. The summed E-state index contributed by atoms with van der Waals surface area (Å²) < 4.78 is 4.95. The summed E-state index contributed by atoms with van der Waals surface area (Å²) in [5, 5.41) is 0.878. The zero-order chi connectivity index (χ0) is 12.3. The lowest BCUT2D eigenvalue weighted by Crippen LogP contribution is -2.04. The Morgan fingerprint density at radius 3 is 3.00 bits per heavy atom. The molecule has 0 fully saturated rings. The number of aromatic amines is 1. The molecule has 1 N–H and O–H groups in total. The molecule has 1 aromatic heterocycles. The van der Waals surface area contributed by atoms with Crippen LogP contribution in [0.2, 0.25) is 0 Å². The van der Waals surface area contributed by atoms with Crippen LogP contribution >= 0.6 is 11.8 Å². The predicted octanol–water partition coefficient (Wildman–Crippen LogP) is 2.85. The van der Waals surface area contributed by atoms with E-state index in [4.69, 9.17) is 4.74 Å². The van der Waals surface area contributed by atoms with E-state index in [9.17, 15) is 4.79 Å². The van der Waals surface area contributed by atoms with Crippen LogP contribution in [0.1, 0.15) is 24.2 Å². The van der Waals surface area contributed by atoms with Crippen molar-refractivity contribution < 1.29 is 9.53 Å². The summed E-state index contributed by atoms with van der Waals surface area (Å²) in [6.45, 7) is 4.25. The highest BCUT2D eigenvalue weighted by molar-refractivity contribution is 7.99. The number of carbonyl (C=O) groups is 1. The summed E-state index contributed by atoms with van der Waals surface area (Å²) in [6, 6.07) is 5.36. The molecule has 17 heavy (non-hydrogen) atoms. The number of H-pyrrole nitrogens is 1. The fraction of sp³-hybridized carbons (Fsp3) is 0.333. The van der Waals surface area contributed by atoms with Gasteiger partial charge in [0.15, 0.2) is 5.16 Å². The van der Waals surface area contributed by atoms with E-state index in [0.717, 1.165) is 21.9 Å². The second-order valence-corrected chi connectivity index (χ2v) is 4.68. The Labute approximate surface area is 104 Å². The van der Waals surface area contributed by atoms with E-state index >= 15 is 0 Å². The summed E-state index contributed by atoms with van der Waals surface area (Å²) in [4.78, 5) is 19.2. The maximum Gasteiger partial charge on any atom is 0.338 e. The molecule has 0 amide bonds. The van der Waals surface area contributed by atoms with Gasteiger partial charge < -0.3 is 9.72 Å². The molecule has 0 spiro atoms. The highest BCUT2D eigenvalue weighted by Crippen LogP contribution is 2.20. The summed E-state index contributed by atoms with van der Waals surface area (Å²) in [6.07, 6.45) is 0. The Hall–Kier alpha value is -1.49. The number of nitrogens with zero attached hydrogens (tertiary/aromatic N) is 1. The van der Waals surface area contributed by atoms with Gasteiger partial charge in [-0.15, -0.1) is 0 Å². The Morgan fingerprint density at radius 2 is 2.29 bits per heavy atom. The number of nitrogens with one attached hydrogen (secondary N) is 1. The van der Waals surface area contributed by atoms with Crippen molar-refractivity contribution in [1.29, 1.82) is 0 Å². The predicted molar refractivity (Wildman–Crippen MR) is 68.4 cm³/mol. The lowest BCUT2D eigenvalue weighted by molar-refractivity contribution is 0.0526. The first-order valence-corrected chi connectivity index (χ1v) is 6.52. The van der Waals surface area contributed by atoms with Crippen molar-refractivity contribution in [3.8, 4) is 0 Å². The molecule has 0 radical (unpaired) electrons. The third-order valence-electron chi connectivity index (χ3n) is 2.25. The Balaban J connectivity index is 2.33. The number of fused-ring (bicyclic) bond motifs is 1. The molecule has 2 aromatic rings. The topological polar surface area (TPSA) is 55.0 Å². The van der Waals surface area contributed by atoms with Crippen molar-refractivity contribution in [3.05, 3.63) is 23.8 Å². The average Bonchev–Trinajstić information content (AvgIpc) is 2.71. The molecule has 90 valence electrons. The highest BCUT2D eigenvalue weighted by Gasteiger charge is 2.09. The van der Waals surface area contributed by atoms with Gasteiger partial charge in [0.25, 0.3) is 0 Å². The van der Waals surface area contributed by atoms with Crippen LogP contribution in [0.15, 0.2) is 23.4 Å². The van der Waals surface area contributed by atoms with E-state index in [1.807, 2.05) is 6.07 Å². The van der Waals surface area contributed by atoms with Crippen molar-refractivity contribution in [2.75, 3.05) is 12.4 Å². The van der Waals surface area contributed by atoms with E-state index in [-0.39, 0.29) is 5.97 Å². The molecule has 0 bridgehead atoms. The number of rotatable bonds is 4. The van der Waals surface area contributed by atoms with E-state index < -0.39 is 0 Å². The molecule has 1 aromatic carbocycles. The van der Waals surface area contributed by atoms with Crippen molar-refractivity contribution in [2.24, 2.45) is 0 Å². The minimum absolute atomic E-state index is 0.304. The fourth-order valence-corrected chi connectivity index (χ4v) is 2.15. The van der Waals surface area contributed by atoms with Crippen LogP contribution in [0.25, 0.3) is 11.0 Å². The summed E-state index contributed by atoms with van der Waals surface area (Å²) in [5.74, 6) is 0.659. The minimum Gasteiger partial charge on any atom is -0.462 e. The Morgan fingerprint density at radius 1 is 1.47 bits per heavy atom. The monoisotopic (exact) mass is 250 g/mol. The average molecular weight is 250 g/mol. The molecule has 0 saturated heterocycles. The van der Waals surface area contributed by atoms with Crippen LogP contribution in [0.4, 0.5) is 0 Å². The Bertz CT molecular complexity index is 536. The maximum atomic E-state index is 11.6. The molecule has 0 atom stereocenters. The maximum absolute atomic E-state index is 11.6. The standard InChI is InChI=1S/C12H14N2O2S/c1-3-16-11(15)8-5-6-9-10(7-8)14-12(13-9)17-4-2/h5-7H,3-4H2,1-2H3,(H,13,14). The van der Waals surface area contributed by atoms with Crippen LogP contribution in [-0.2, 0) is 4.74 Å². The number of benzene rings is 1. The highest BCUT2D eigenvalue weighted by atomic mass is 32.2. The Kier molecular flexibility index (Phi) is 3.68. The van der Waals surface area contributed by atoms with Crippen LogP contribution in [0.5, 0.6) is 0 Å². The largest absolute Gasteiger partial charge is 0.462 e. The fourth-order valence-electron chi connectivity index (χ4n) is 1.53. The SMILES string of the molecule is CCOC(=O)c1ccc2[nH]c(SCC)nc2c1. The number of hydrogen-bond acceptors (Lipinski definition) is 4. The summed E-state index contributed by atoms with van der Waals surface area (Å²) in [7, 11) is 0. The number of carbonyl (C=O) groups excluding carboxylic acids is 1. The van der Waals surface area contributed by atoms with Crippen LogP contribution in [0, 0.1) is 0 Å².